The highest BCUT2D eigenvalue weighted by molar-refractivity contribution is 5.68. The number of aryl methyl sites for hydroxylation is 4. The standard InChI is InChI=1S/C22H26N6O2/c1-15-24-13-17(14-25-15)20(12-21(29)30)28-11-9-19(27-28)6-2-5-18-8-7-16-4-3-10-23-22(16)26-18/h7-9,11,13-14,20H,2-6,10,12H2,1H3,(H,23,26)(H,29,30)/t20-/m1/s1. The van der Waals surface area contributed by atoms with Crippen LogP contribution in [-0.4, -0.2) is 42.4 Å². The summed E-state index contributed by atoms with van der Waals surface area (Å²) in [4.78, 5) is 24.5. The van der Waals surface area contributed by atoms with Gasteiger partial charge in [0.2, 0.25) is 0 Å². The molecule has 0 bridgehead atoms. The number of pyridine rings is 1. The first kappa shape index (κ1) is 20.0. The summed E-state index contributed by atoms with van der Waals surface area (Å²) in [6.45, 7) is 2.79. The number of nitrogens with one attached hydrogen (secondary N) is 1. The number of aromatic nitrogens is 5. The van der Waals surface area contributed by atoms with Crippen LogP contribution >= 0.6 is 0 Å². The van der Waals surface area contributed by atoms with Gasteiger partial charge < -0.3 is 10.4 Å². The molecule has 0 radical (unpaired) electrons. The molecule has 0 saturated carbocycles. The molecule has 0 fully saturated rings. The molecule has 0 aliphatic carbocycles. The van der Waals surface area contributed by atoms with E-state index < -0.39 is 12.0 Å². The SMILES string of the molecule is Cc1ncc([C@@H](CC(=O)O)n2ccc(CCCc3ccc4c(n3)NCCC4)n2)cn1. The number of anilines is 1. The summed E-state index contributed by atoms with van der Waals surface area (Å²) in [6.07, 6.45) is 9.99. The van der Waals surface area contributed by atoms with Gasteiger partial charge in [0, 0.05) is 36.4 Å². The van der Waals surface area contributed by atoms with E-state index >= 15 is 0 Å². The van der Waals surface area contributed by atoms with Crippen LogP contribution in [-0.2, 0) is 24.1 Å². The lowest BCUT2D eigenvalue weighted by atomic mass is 10.1. The van der Waals surface area contributed by atoms with E-state index in [-0.39, 0.29) is 6.42 Å². The number of carboxylic acid groups (broad SMARTS) is 1. The van der Waals surface area contributed by atoms with E-state index in [0.29, 0.717) is 5.82 Å². The third-order valence-electron chi connectivity index (χ3n) is 5.35. The van der Waals surface area contributed by atoms with Crippen molar-refractivity contribution in [1.82, 2.24) is 24.7 Å². The minimum absolute atomic E-state index is 0.0699. The zero-order valence-corrected chi connectivity index (χ0v) is 17.1. The monoisotopic (exact) mass is 406 g/mol. The molecule has 0 aromatic carbocycles. The summed E-state index contributed by atoms with van der Waals surface area (Å²) in [5.74, 6) is 0.796. The molecule has 1 aliphatic rings. The van der Waals surface area contributed by atoms with Gasteiger partial charge in [0.25, 0.3) is 0 Å². The maximum atomic E-state index is 11.4. The van der Waals surface area contributed by atoms with E-state index in [2.05, 4.69) is 32.5 Å². The van der Waals surface area contributed by atoms with E-state index in [9.17, 15) is 9.90 Å². The maximum absolute atomic E-state index is 11.4. The van der Waals surface area contributed by atoms with Crippen molar-refractivity contribution in [3.63, 3.8) is 0 Å². The predicted octanol–water partition coefficient (Wildman–Crippen LogP) is 2.97. The van der Waals surface area contributed by atoms with Crippen LogP contribution in [0, 0.1) is 6.92 Å². The number of fused-ring (bicyclic) bond motifs is 1. The van der Waals surface area contributed by atoms with E-state index in [1.54, 1.807) is 24.0 Å². The molecular formula is C22H26N6O2. The lowest BCUT2D eigenvalue weighted by molar-refractivity contribution is -0.137. The zero-order valence-electron chi connectivity index (χ0n) is 17.1. The van der Waals surface area contributed by atoms with Crippen molar-refractivity contribution in [3.05, 3.63) is 65.1 Å². The highest BCUT2D eigenvalue weighted by Gasteiger charge is 2.19. The van der Waals surface area contributed by atoms with Gasteiger partial charge in [-0.15, -0.1) is 0 Å². The smallest absolute Gasteiger partial charge is 0.305 e. The molecule has 1 atom stereocenters. The molecule has 156 valence electrons. The Kier molecular flexibility index (Phi) is 6.02. The van der Waals surface area contributed by atoms with E-state index in [0.717, 1.165) is 61.4 Å². The topological polar surface area (TPSA) is 106 Å². The van der Waals surface area contributed by atoms with Crippen molar-refractivity contribution < 1.29 is 9.90 Å². The van der Waals surface area contributed by atoms with Crippen LogP contribution in [0.15, 0.2) is 36.8 Å². The molecule has 8 heteroatoms. The van der Waals surface area contributed by atoms with Crippen molar-refractivity contribution in [2.45, 2.75) is 51.5 Å². The Morgan fingerprint density at radius 1 is 1.20 bits per heavy atom. The lowest BCUT2D eigenvalue weighted by Crippen LogP contribution is -2.16. The minimum Gasteiger partial charge on any atom is -0.481 e. The molecule has 4 heterocycles. The number of hydrogen-bond acceptors (Lipinski definition) is 6. The number of nitrogens with zero attached hydrogens (tertiary/aromatic N) is 5. The molecule has 0 amide bonds. The second kappa shape index (κ2) is 9.02. The molecule has 3 aromatic heterocycles. The van der Waals surface area contributed by atoms with Crippen LogP contribution in [0.5, 0.6) is 0 Å². The summed E-state index contributed by atoms with van der Waals surface area (Å²) >= 11 is 0. The third-order valence-corrected chi connectivity index (χ3v) is 5.35. The Balaban J connectivity index is 1.40. The van der Waals surface area contributed by atoms with Crippen LogP contribution in [0.3, 0.4) is 0 Å². The van der Waals surface area contributed by atoms with Crippen LogP contribution in [0.1, 0.15) is 53.6 Å². The fourth-order valence-corrected chi connectivity index (χ4v) is 3.75. The Morgan fingerprint density at radius 2 is 2.00 bits per heavy atom. The largest absolute Gasteiger partial charge is 0.481 e. The number of aliphatic carboxylic acids is 1. The van der Waals surface area contributed by atoms with Crippen molar-refractivity contribution in [2.24, 2.45) is 0 Å². The first-order valence-electron chi connectivity index (χ1n) is 10.4. The highest BCUT2D eigenvalue weighted by Crippen LogP contribution is 2.22. The van der Waals surface area contributed by atoms with Crippen LogP contribution in [0.25, 0.3) is 0 Å². The quantitative estimate of drug-likeness (QED) is 0.592. The molecule has 0 spiro atoms. The molecule has 8 nitrogen and oxygen atoms in total. The van der Waals surface area contributed by atoms with Gasteiger partial charge in [0.15, 0.2) is 0 Å². The maximum Gasteiger partial charge on any atom is 0.305 e. The average Bonchev–Trinajstić information content (AvgIpc) is 3.21. The summed E-state index contributed by atoms with van der Waals surface area (Å²) in [5.41, 5.74) is 4.06. The molecule has 30 heavy (non-hydrogen) atoms. The van der Waals surface area contributed by atoms with E-state index in [1.807, 2.05) is 12.3 Å². The number of hydrogen-bond donors (Lipinski definition) is 2. The third kappa shape index (κ3) is 4.82. The first-order chi connectivity index (χ1) is 14.6. The van der Waals surface area contributed by atoms with Gasteiger partial charge in [-0.3, -0.25) is 9.48 Å². The van der Waals surface area contributed by atoms with Crippen molar-refractivity contribution in [1.29, 1.82) is 0 Å². The first-order valence-corrected chi connectivity index (χ1v) is 10.4. The molecule has 1 aliphatic heterocycles. The highest BCUT2D eigenvalue weighted by atomic mass is 16.4. The minimum atomic E-state index is -0.885. The molecule has 2 N–H and O–H groups in total. The molecule has 4 rings (SSSR count). The van der Waals surface area contributed by atoms with E-state index in [1.165, 1.54) is 5.56 Å². The van der Waals surface area contributed by atoms with Crippen LogP contribution in [0.2, 0.25) is 0 Å². The van der Waals surface area contributed by atoms with Gasteiger partial charge in [0.1, 0.15) is 11.6 Å². The van der Waals surface area contributed by atoms with E-state index in [4.69, 9.17) is 4.98 Å². The van der Waals surface area contributed by atoms with Gasteiger partial charge in [0.05, 0.1) is 18.2 Å². The average molecular weight is 406 g/mol. The summed E-state index contributed by atoms with van der Waals surface area (Å²) < 4.78 is 1.71. The van der Waals surface area contributed by atoms with Gasteiger partial charge >= 0.3 is 5.97 Å². The molecule has 3 aromatic rings. The number of carbonyl (C=O) groups is 1. The van der Waals surface area contributed by atoms with Gasteiger partial charge in [-0.2, -0.15) is 5.10 Å². The normalized spacial score (nSPS) is 14.0. The van der Waals surface area contributed by atoms with Gasteiger partial charge in [-0.1, -0.05) is 6.07 Å². The number of carboxylic acids is 1. The van der Waals surface area contributed by atoms with Crippen molar-refractivity contribution in [2.75, 3.05) is 11.9 Å². The fraction of sp³-hybridized carbons (Fsp3) is 0.409. The van der Waals surface area contributed by atoms with Crippen molar-refractivity contribution in [3.8, 4) is 0 Å². The number of rotatable bonds is 8. The van der Waals surface area contributed by atoms with Gasteiger partial charge in [-0.05, 0) is 56.7 Å². The summed E-state index contributed by atoms with van der Waals surface area (Å²) in [5, 5.41) is 17.3. The Labute approximate surface area is 175 Å². The Bertz CT molecular complexity index is 1010. The Hall–Kier alpha value is -3.29. The fourth-order valence-electron chi connectivity index (χ4n) is 3.75. The zero-order chi connectivity index (χ0) is 20.9. The molecule has 0 saturated heterocycles. The molecular weight excluding hydrogens is 380 g/mol. The van der Waals surface area contributed by atoms with Crippen LogP contribution < -0.4 is 5.32 Å². The Morgan fingerprint density at radius 3 is 2.80 bits per heavy atom. The molecule has 0 unspecified atom stereocenters. The van der Waals surface area contributed by atoms with Crippen LogP contribution in [0.4, 0.5) is 5.82 Å². The van der Waals surface area contributed by atoms with Gasteiger partial charge in [-0.25, -0.2) is 15.0 Å². The second-order valence-corrected chi connectivity index (χ2v) is 7.66. The van der Waals surface area contributed by atoms with Crippen molar-refractivity contribution >= 4 is 11.8 Å². The lowest BCUT2D eigenvalue weighted by Gasteiger charge is -2.17. The predicted molar refractivity (Wildman–Crippen MR) is 112 cm³/mol. The summed E-state index contributed by atoms with van der Waals surface area (Å²) in [6, 6.07) is 5.82. The second-order valence-electron chi connectivity index (χ2n) is 7.66. The summed E-state index contributed by atoms with van der Waals surface area (Å²) in [7, 11) is 0.